The van der Waals surface area contributed by atoms with Gasteiger partial charge in [0.15, 0.2) is 0 Å². The molecule has 3 nitrogen and oxygen atoms in total. The number of nitrogens with zero attached hydrogens (tertiary/aromatic N) is 2. The fraction of sp³-hybridized carbons (Fsp3) is 0. The molecule has 17 heavy (non-hydrogen) atoms. The van der Waals surface area contributed by atoms with E-state index < -0.39 is 0 Å². The summed E-state index contributed by atoms with van der Waals surface area (Å²) in [6.07, 6.45) is 0. The third-order valence-electron chi connectivity index (χ3n) is 2.12. The van der Waals surface area contributed by atoms with Crippen molar-refractivity contribution in [3.05, 3.63) is 52.5 Å². The molecule has 0 atom stereocenters. The van der Waals surface area contributed by atoms with E-state index in [0.717, 1.165) is 5.69 Å². The molecule has 86 valence electrons. The molecule has 5 heteroatoms. The van der Waals surface area contributed by atoms with Crippen molar-refractivity contribution >= 4 is 40.3 Å². The zero-order chi connectivity index (χ0) is 12.3. The van der Waals surface area contributed by atoms with Crippen molar-refractivity contribution < 1.29 is 0 Å². The second-order valence-electron chi connectivity index (χ2n) is 3.34. The van der Waals surface area contributed by atoms with Gasteiger partial charge in [0.25, 0.3) is 0 Å². The summed E-state index contributed by atoms with van der Waals surface area (Å²) in [6.45, 7) is 0. The molecule has 0 bridgehead atoms. The highest BCUT2D eigenvalue weighted by Gasteiger charge is 2.07. The minimum absolute atomic E-state index is 0.302. The number of hydrogen-bond acceptors (Lipinski definition) is 3. The summed E-state index contributed by atoms with van der Waals surface area (Å²) in [5.74, 6) is 0. The van der Waals surface area contributed by atoms with Crippen LogP contribution in [0.1, 0.15) is 0 Å². The zero-order valence-electron chi connectivity index (χ0n) is 8.77. The Bertz CT molecular complexity index is 553. The van der Waals surface area contributed by atoms with Crippen LogP contribution in [0.2, 0.25) is 10.0 Å². The lowest BCUT2D eigenvalue weighted by atomic mass is 10.3. The molecule has 0 aliphatic heterocycles. The minimum Gasteiger partial charge on any atom is -0.397 e. The van der Waals surface area contributed by atoms with Gasteiger partial charge in [-0.2, -0.15) is 5.11 Å². The van der Waals surface area contributed by atoms with Crippen LogP contribution < -0.4 is 5.73 Å². The first-order valence-corrected chi connectivity index (χ1v) is 5.64. The molecule has 0 aliphatic rings. The van der Waals surface area contributed by atoms with Gasteiger partial charge in [0.2, 0.25) is 0 Å². The molecule has 2 rings (SSSR count). The van der Waals surface area contributed by atoms with Crippen molar-refractivity contribution in [2.24, 2.45) is 10.2 Å². The van der Waals surface area contributed by atoms with Gasteiger partial charge in [0, 0.05) is 0 Å². The zero-order valence-corrected chi connectivity index (χ0v) is 10.3. The number of anilines is 1. The van der Waals surface area contributed by atoms with Gasteiger partial charge in [0.05, 0.1) is 21.4 Å². The summed E-state index contributed by atoms with van der Waals surface area (Å²) in [6, 6.07) is 12.7. The third kappa shape index (κ3) is 2.75. The first kappa shape index (κ1) is 11.9. The van der Waals surface area contributed by atoms with E-state index in [-0.39, 0.29) is 0 Å². The van der Waals surface area contributed by atoms with Gasteiger partial charge in [-0.05, 0) is 24.3 Å². The normalized spacial score (nSPS) is 10.9. The van der Waals surface area contributed by atoms with Gasteiger partial charge in [-0.1, -0.05) is 41.4 Å². The largest absolute Gasteiger partial charge is 0.397 e. The summed E-state index contributed by atoms with van der Waals surface area (Å²) in [5.41, 5.74) is 7.28. The maximum atomic E-state index is 6.00. The molecule has 0 unspecified atom stereocenters. The molecular formula is C12H9Cl2N3. The second kappa shape index (κ2) is 5.17. The molecular weight excluding hydrogens is 257 g/mol. The first-order valence-electron chi connectivity index (χ1n) is 4.89. The Hall–Kier alpha value is -1.58. The molecule has 0 fully saturated rings. The van der Waals surface area contributed by atoms with Crippen LogP contribution in [0.5, 0.6) is 0 Å². The second-order valence-corrected chi connectivity index (χ2v) is 4.09. The molecule has 0 heterocycles. The van der Waals surface area contributed by atoms with Crippen LogP contribution in [0.15, 0.2) is 52.7 Å². The van der Waals surface area contributed by atoms with Crippen molar-refractivity contribution in [3.8, 4) is 0 Å². The highest BCUT2D eigenvalue weighted by atomic mass is 35.5. The van der Waals surface area contributed by atoms with E-state index in [0.29, 0.717) is 21.4 Å². The molecule has 0 aliphatic carbocycles. The molecule has 0 saturated heterocycles. The lowest BCUT2D eigenvalue weighted by Gasteiger charge is -2.02. The SMILES string of the molecule is Nc1ccc(/N=N/c2ccccc2)c(Cl)c1Cl. The van der Waals surface area contributed by atoms with Crippen LogP contribution in [0.3, 0.4) is 0 Å². The van der Waals surface area contributed by atoms with E-state index in [1.165, 1.54) is 0 Å². The fourth-order valence-electron chi connectivity index (χ4n) is 1.24. The van der Waals surface area contributed by atoms with Gasteiger partial charge in [-0.25, -0.2) is 0 Å². The molecule has 0 radical (unpaired) electrons. The van der Waals surface area contributed by atoms with E-state index >= 15 is 0 Å². The maximum Gasteiger partial charge on any atom is 0.106 e. The van der Waals surface area contributed by atoms with E-state index in [1.807, 2.05) is 30.3 Å². The molecule has 2 N–H and O–H groups in total. The summed E-state index contributed by atoms with van der Waals surface area (Å²) in [7, 11) is 0. The number of rotatable bonds is 2. The smallest absolute Gasteiger partial charge is 0.106 e. The van der Waals surface area contributed by atoms with Crippen LogP contribution in [0.25, 0.3) is 0 Å². The van der Waals surface area contributed by atoms with Crippen LogP contribution in [-0.4, -0.2) is 0 Å². The topological polar surface area (TPSA) is 50.7 Å². The van der Waals surface area contributed by atoms with Crippen LogP contribution >= 0.6 is 23.2 Å². The Morgan fingerprint density at radius 1 is 0.824 bits per heavy atom. The van der Waals surface area contributed by atoms with Crippen molar-refractivity contribution in [3.63, 3.8) is 0 Å². The molecule has 2 aromatic carbocycles. The molecule has 0 spiro atoms. The molecule has 0 saturated carbocycles. The predicted octanol–water partition coefficient (Wildman–Crippen LogP) is 4.99. The third-order valence-corrected chi connectivity index (χ3v) is 3.01. The number of hydrogen-bond donors (Lipinski definition) is 1. The quantitative estimate of drug-likeness (QED) is 0.604. The van der Waals surface area contributed by atoms with Crippen LogP contribution in [0, 0.1) is 0 Å². The van der Waals surface area contributed by atoms with Crippen LogP contribution in [-0.2, 0) is 0 Å². The van der Waals surface area contributed by atoms with Crippen molar-refractivity contribution in [1.29, 1.82) is 0 Å². The predicted molar refractivity (Wildman–Crippen MR) is 71.5 cm³/mol. The van der Waals surface area contributed by atoms with Gasteiger partial charge >= 0.3 is 0 Å². The first-order chi connectivity index (χ1) is 8.18. The Morgan fingerprint density at radius 3 is 2.24 bits per heavy atom. The van der Waals surface area contributed by atoms with Gasteiger partial charge in [0.1, 0.15) is 5.69 Å². The summed E-state index contributed by atoms with van der Waals surface area (Å²) >= 11 is 11.9. The summed E-state index contributed by atoms with van der Waals surface area (Å²) in [5, 5.41) is 8.69. The maximum absolute atomic E-state index is 6.00. The van der Waals surface area contributed by atoms with Crippen molar-refractivity contribution in [2.75, 3.05) is 5.73 Å². The van der Waals surface area contributed by atoms with E-state index in [4.69, 9.17) is 28.9 Å². The lowest BCUT2D eigenvalue weighted by Crippen LogP contribution is -1.85. The number of nitrogens with two attached hydrogens (primary N) is 1. The van der Waals surface area contributed by atoms with Gasteiger partial charge in [-0.3, -0.25) is 0 Å². The number of nitrogen functional groups attached to an aromatic ring is 1. The molecule has 0 aromatic heterocycles. The standard InChI is InChI=1S/C12H9Cl2N3/c13-11-9(15)6-7-10(12(11)14)17-16-8-4-2-1-3-5-8/h1-7H,15H2/b17-16+. The van der Waals surface area contributed by atoms with E-state index in [1.54, 1.807) is 12.1 Å². The molecule has 0 amide bonds. The van der Waals surface area contributed by atoms with Gasteiger partial charge < -0.3 is 5.73 Å². The fourth-order valence-corrected chi connectivity index (χ4v) is 1.61. The van der Waals surface area contributed by atoms with Crippen molar-refractivity contribution in [1.82, 2.24) is 0 Å². The highest BCUT2D eigenvalue weighted by molar-refractivity contribution is 6.45. The lowest BCUT2D eigenvalue weighted by molar-refractivity contribution is 1.23. The minimum atomic E-state index is 0.302. The van der Waals surface area contributed by atoms with Crippen molar-refractivity contribution in [2.45, 2.75) is 0 Å². The Labute approximate surface area is 109 Å². The van der Waals surface area contributed by atoms with Crippen LogP contribution in [0.4, 0.5) is 17.1 Å². The van der Waals surface area contributed by atoms with E-state index in [2.05, 4.69) is 10.2 Å². The Balaban J connectivity index is 2.31. The monoisotopic (exact) mass is 265 g/mol. The average molecular weight is 266 g/mol. The number of halogens is 2. The summed E-state index contributed by atoms with van der Waals surface area (Å²) in [4.78, 5) is 0. The number of azo groups is 1. The Morgan fingerprint density at radius 2 is 1.53 bits per heavy atom. The van der Waals surface area contributed by atoms with E-state index in [9.17, 15) is 0 Å². The Kier molecular flexibility index (Phi) is 3.61. The summed E-state index contributed by atoms with van der Waals surface area (Å²) < 4.78 is 0. The van der Waals surface area contributed by atoms with Gasteiger partial charge in [-0.15, -0.1) is 5.11 Å². The highest BCUT2D eigenvalue weighted by Crippen LogP contribution is 2.36. The molecule has 2 aromatic rings. The number of benzene rings is 2. The average Bonchev–Trinajstić information content (AvgIpc) is 2.36.